The van der Waals surface area contributed by atoms with Crippen LogP contribution in [0, 0.1) is 11.6 Å². The second-order valence-corrected chi connectivity index (χ2v) is 5.45. The molecule has 0 bridgehead atoms. The second kappa shape index (κ2) is 5.45. The summed E-state index contributed by atoms with van der Waals surface area (Å²) in [5.41, 5.74) is 4.84. The third kappa shape index (κ3) is 2.68. The van der Waals surface area contributed by atoms with Crippen LogP contribution in [0.15, 0.2) is 29.7 Å². The molecule has 0 unspecified atom stereocenters. The van der Waals surface area contributed by atoms with E-state index in [0.29, 0.717) is 6.07 Å². The van der Waals surface area contributed by atoms with Crippen LogP contribution in [0.25, 0.3) is 0 Å². The molecule has 100 valence electrons. The number of nitrogen functional groups attached to an aromatic ring is 1. The number of hydrogen-bond acceptors (Lipinski definition) is 3. The summed E-state index contributed by atoms with van der Waals surface area (Å²) >= 11 is 0. The molecular weight excluding hydrogens is 262 g/mol. The lowest BCUT2D eigenvalue weighted by molar-refractivity contribution is 0.452. The van der Waals surface area contributed by atoms with Gasteiger partial charge in [-0.05, 0) is 6.07 Å². The van der Waals surface area contributed by atoms with E-state index >= 15 is 0 Å². The summed E-state index contributed by atoms with van der Waals surface area (Å²) in [5, 5.41) is 0. The Morgan fingerprint density at radius 2 is 2.00 bits per heavy atom. The van der Waals surface area contributed by atoms with Gasteiger partial charge in [0.15, 0.2) is 0 Å². The summed E-state index contributed by atoms with van der Waals surface area (Å²) in [6.45, 7) is 5.21. The van der Waals surface area contributed by atoms with E-state index in [1.54, 1.807) is 6.92 Å². The Bertz CT molecular complexity index is 558. The van der Waals surface area contributed by atoms with Crippen molar-refractivity contribution < 1.29 is 17.2 Å². The van der Waals surface area contributed by atoms with Gasteiger partial charge in [-0.2, -0.15) is 4.31 Å². The summed E-state index contributed by atoms with van der Waals surface area (Å²) in [6.07, 6.45) is 1.38. The average Bonchev–Trinajstić information content (AvgIpc) is 2.30. The summed E-state index contributed by atoms with van der Waals surface area (Å²) in [4.78, 5) is -0.634. The van der Waals surface area contributed by atoms with Crippen molar-refractivity contribution in [2.45, 2.75) is 11.8 Å². The van der Waals surface area contributed by atoms with Crippen LogP contribution < -0.4 is 5.73 Å². The number of rotatable bonds is 5. The van der Waals surface area contributed by atoms with Crippen molar-refractivity contribution in [2.24, 2.45) is 0 Å². The van der Waals surface area contributed by atoms with E-state index in [-0.39, 0.29) is 13.1 Å². The number of nitrogens with two attached hydrogens (primary N) is 1. The quantitative estimate of drug-likeness (QED) is 0.658. The molecule has 4 nitrogen and oxygen atoms in total. The highest BCUT2D eigenvalue weighted by Gasteiger charge is 2.26. The molecule has 0 saturated carbocycles. The molecule has 0 spiro atoms. The van der Waals surface area contributed by atoms with Crippen LogP contribution in [0.3, 0.4) is 0 Å². The Morgan fingerprint density at radius 1 is 1.39 bits per heavy atom. The number of halogens is 2. The minimum absolute atomic E-state index is 0.0373. The zero-order chi connectivity index (χ0) is 13.9. The summed E-state index contributed by atoms with van der Waals surface area (Å²) in [5.74, 6) is -2.15. The van der Waals surface area contributed by atoms with E-state index in [2.05, 4.69) is 6.58 Å². The molecule has 0 saturated heterocycles. The minimum Gasteiger partial charge on any atom is -0.396 e. The van der Waals surface area contributed by atoms with Gasteiger partial charge in [-0.3, -0.25) is 0 Å². The van der Waals surface area contributed by atoms with Crippen LogP contribution in [-0.2, 0) is 10.0 Å². The lowest BCUT2D eigenvalue weighted by Crippen LogP contribution is -2.31. The lowest BCUT2D eigenvalue weighted by atomic mass is 10.3. The maximum Gasteiger partial charge on any atom is 0.246 e. The Hall–Kier alpha value is -1.47. The maximum atomic E-state index is 13.5. The van der Waals surface area contributed by atoms with E-state index < -0.39 is 32.2 Å². The number of benzene rings is 1. The van der Waals surface area contributed by atoms with Crippen molar-refractivity contribution in [3.8, 4) is 0 Å². The van der Waals surface area contributed by atoms with Gasteiger partial charge in [0, 0.05) is 19.2 Å². The number of nitrogens with zero attached hydrogens (tertiary/aromatic N) is 1. The number of anilines is 1. The predicted octanol–water partition coefficient (Wildman–Crippen LogP) is 1.74. The van der Waals surface area contributed by atoms with Crippen molar-refractivity contribution in [1.29, 1.82) is 0 Å². The molecule has 1 rings (SSSR count). The molecule has 0 aliphatic rings. The van der Waals surface area contributed by atoms with Crippen LogP contribution in [0.4, 0.5) is 14.5 Å². The van der Waals surface area contributed by atoms with Crippen molar-refractivity contribution >= 4 is 15.7 Å². The standard InChI is InChI=1S/C11H14F2N2O2S/c1-3-5-15(4-2)18(16,17)11-7-10(14)8(12)6-9(11)13/h3,6-7H,1,4-5,14H2,2H3. The minimum atomic E-state index is -4.04. The first-order chi connectivity index (χ1) is 8.34. The van der Waals surface area contributed by atoms with Gasteiger partial charge in [0.05, 0.1) is 5.69 Å². The van der Waals surface area contributed by atoms with Crippen LogP contribution in [0.2, 0.25) is 0 Å². The van der Waals surface area contributed by atoms with E-state index in [0.717, 1.165) is 10.4 Å². The fourth-order valence-corrected chi connectivity index (χ4v) is 2.92. The first kappa shape index (κ1) is 14.6. The van der Waals surface area contributed by atoms with E-state index in [4.69, 9.17) is 5.73 Å². The van der Waals surface area contributed by atoms with Crippen LogP contribution >= 0.6 is 0 Å². The average molecular weight is 276 g/mol. The zero-order valence-electron chi connectivity index (χ0n) is 9.86. The van der Waals surface area contributed by atoms with Crippen molar-refractivity contribution in [1.82, 2.24) is 4.31 Å². The van der Waals surface area contributed by atoms with Crippen LogP contribution in [0.5, 0.6) is 0 Å². The van der Waals surface area contributed by atoms with Gasteiger partial charge in [-0.25, -0.2) is 17.2 Å². The summed E-state index contributed by atoms with van der Waals surface area (Å²) in [6, 6.07) is 1.25. The van der Waals surface area contributed by atoms with Crippen LogP contribution in [0.1, 0.15) is 6.92 Å². The monoisotopic (exact) mass is 276 g/mol. The molecule has 0 amide bonds. The molecule has 7 heteroatoms. The van der Waals surface area contributed by atoms with Gasteiger partial charge in [-0.1, -0.05) is 13.0 Å². The summed E-state index contributed by atoms with van der Waals surface area (Å²) < 4.78 is 51.7. The Morgan fingerprint density at radius 3 is 2.50 bits per heavy atom. The number of hydrogen-bond donors (Lipinski definition) is 1. The molecule has 0 fully saturated rings. The molecule has 18 heavy (non-hydrogen) atoms. The molecular formula is C11H14F2N2O2S. The number of sulfonamides is 1. The topological polar surface area (TPSA) is 63.4 Å². The molecule has 0 atom stereocenters. The molecule has 1 aromatic carbocycles. The molecule has 2 N–H and O–H groups in total. The zero-order valence-corrected chi connectivity index (χ0v) is 10.7. The maximum absolute atomic E-state index is 13.5. The normalized spacial score (nSPS) is 11.8. The third-order valence-electron chi connectivity index (χ3n) is 2.35. The predicted molar refractivity (Wildman–Crippen MR) is 65.4 cm³/mol. The molecule has 1 aromatic rings. The van der Waals surface area contributed by atoms with Gasteiger partial charge in [0.25, 0.3) is 0 Å². The highest BCUT2D eigenvalue weighted by Crippen LogP contribution is 2.23. The molecule has 0 heterocycles. The lowest BCUT2D eigenvalue weighted by Gasteiger charge is -2.19. The smallest absolute Gasteiger partial charge is 0.246 e. The van der Waals surface area contributed by atoms with Gasteiger partial charge >= 0.3 is 0 Å². The fraction of sp³-hybridized carbons (Fsp3) is 0.273. The Balaban J connectivity index is 3.36. The molecule has 0 aromatic heterocycles. The van der Waals surface area contributed by atoms with Gasteiger partial charge in [0.2, 0.25) is 10.0 Å². The molecule has 0 aliphatic carbocycles. The van der Waals surface area contributed by atoms with Gasteiger partial charge < -0.3 is 5.73 Å². The SMILES string of the molecule is C=CCN(CC)S(=O)(=O)c1cc(N)c(F)cc1F. The second-order valence-electron chi connectivity index (χ2n) is 3.55. The van der Waals surface area contributed by atoms with Gasteiger partial charge in [0.1, 0.15) is 16.5 Å². The Kier molecular flexibility index (Phi) is 4.42. The highest BCUT2D eigenvalue weighted by molar-refractivity contribution is 7.89. The van der Waals surface area contributed by atoms with E-state index in [1.165, 1.54) is 6.08 Å². The van der Waals surface area contributed by atoms with E-state index in [1.807, 2.05) is 0 Å². The van der Waals surface area contributed by atoms with Crippen molar-refractivity contribution in [3.05, 3.63) is 36.4 Å². The highest BCUT2D eigenvalue weighted by atomic mass is 32.2. The van der Waals surface area contributed by atoms with E-state index in [9.17, 15) is 17.2 Å². The molecule has 0 radical (unpaired) electrons. The number of likely N-dealkylation sites (N-methyl/N-ethyl adjacent to an activating group) is 1. The van der Waals surface area contributed by atoms with Gasteiger partial charge in [-0.15, -0.1) is 6.58 Å². The van der Waals surface area contributed by atoms with Crippen molar-refractivity contribution in [3.63, 3.8) is 0 Å². The summed E-state index contributed by atoms with van der Waals surface area (Å²) in [7, 11) is -4.04. The van der Waals surface area contributed by atoms with Crippen LogP contribution in [-0.4, -0.2) is 25.8 Å². The fourth-order valence-electron chi connectivity index (χ4n) is 1.42. The first-order valence-electron chi connectivity index (χ1n) is 5.20. The third-order valence-corrected chi connectivity index (χ3v) is 4.31. The Labute approximate surface area is 105 Å². The molecule has 0 aliphatic heterocycles. The first-order valence-corrected chi connectivity index (χ1v) is 6.64. The van der Waals surface area contributed by atoms with Crippen molar-refractivity contribution in [2.75, 3.05) is 18.8 Å². The largest absolute Gasteiger partial charge is 0.396 e.